The van der Waals surface area contributed by atoms with Gasteiger partial charge in [-0.15, -0.1) is 22.9 Å². The first-order valence-corrected chi connectivity index (χ1v) is 7.08. The van der Waals surface area contributed by atoms with Gasteiger partial charge in [-0.3, -0.25) is 4.79 Å². The molecular formula is C12H16ClNOS. The Labute approximate surface area is 105 Å². The molecule has 2 rings (SSSR count). The van der Waals surface area contributed by atoms with Gasteiger partial charge in [0.15, 0.2) is 0 Å². The van der Waals surface area contributed by atoms with Crippen LogP contribution in [0.2, 0.25) is 0 Å². The minimum atomic E-state index is 0.106. The van der Waals surface area contributed by atoms with E-state index in [0.29, 0.717) is 18.8 Å². The fourth-order valence-electron chi connectivity index (χ4n) is 1.98. The van der Waals surface area contributed by atoms with Crippen LogP contribution in [0.1, 0.15) is 34.6 Å². The van der Waals surface area contributed by atoms with Gasteiger partial charge in [0.1, 0.15) is 0 Å². The number of aryl methyl sites for hydroxylation is 2. The summed E-state index contributed by atoms with van der Waals surface area (Å²) in [6.45, 7) is 0.679. The average molecular weight is 258 g/mol. The Morgan fingerprint density at radius 2 is 2.38 bits per heavy atom. The molecule has 1 N–H and O–H groups in total. The van der Waals surface area contributed by atoms with Crippen molar-refractivity contribution in [1.29, 1.82) is 0 Å². The number of fused-ring (bicyclic) bond motifs is 1. The standard InChI is InChI=1S/C12H16ClNOS/c13-6-2-5-12(15)14-8-10-7-9-3-1-4-11(9)16-10/h7H,1-6,8H2,(H,14,15). The van der Waals surface area contributed by atoms with Crippen molar-refractivity contribution >= 4 is 28.8 Å². The maximum absolute atomic E-state index is 11.4. The van der Waals surface area contributed by atoms with E-state index in [0.717, 1.165) is 6.42 Å². The van der Waals surface area contributed by atoms with Gasteiger partial charge < -0.3 is 5.32 Å². The summed E-state index contributed by atoms with van der Waals surface area (Å²) in [5.74, 6) is 0.662. The monoisotopic (exact) mass is 257 g/mol. The molecule has 0 fully saturated rings. The van der Waals surface area contributed by atoms with E-state index in [-0.39, 0.29) is 5.91 Å². The van der Waals surface area contributed by atoms with Crippen molar-refractivity contribution in [3.63, 3.8) is 0 Å². The molecule has 0 bridgehead atoms. The molecule has 1 aromatic heterocycles. The number of nitrogens with one attached hydrogen (secondary N) is 1. The van der Waals surface area contributed by atoms with E-state index in [1.54, 1.807) is 0 Å². The minimum absolute atomic E-state index is 0.106. The molecule has 1 heterocycles. The predicted octanol–water partition coefficient (Wildman–Crippen LogP) is 2.87. The lowest BCUT2D eigenvalue weighted by Gasteiger charge is -2.02. The first-order valence-electron chi connectivity index (χ1n) is 5.72. The Hall–Kier alpha value is -0.540. The number of carbonyl (C=O) groups excluding carboxylic acids is 1. The Morgan fingerprint density at radius 3 is 3.12 bits per heavy atom. The van der Waals surface area contributed by atoms with Gasteiger partial charge in [-0.25, -0.2) is 0 Å². The second kappa shape index (κ2) is 5.69. The van der Waals surface area contributed by atoms with Gasteiger partial charge in [0.05, 0.1) is 6.54 Å². The van der Waals surface area contributed by atoms with Crippen molar-refractivity contribution in [3.8, 4) is 0 Å². The molecule has 1 aliphatic carbocycles. The fraction of sp³-hybridized carbons (Fsp3) is 0.583. The van der Waals surface area contributed by atoms with Crippen LogP contribution in [0.15, 0.2) is 6.07 Å². The van der Waals surface area contributed by atoms with Crippen LogP contribution in [0.25, 0.3) is 0 Å². The highest BCUT2D eigenvalue weighted by Gasteiger charge is 2.14. The largest absolute Gasteiger partial charge is 0.351 e. The van der Waals surface area contributed by atoms with Crippen LogP contribution >= 0.6 is 22.9 Å². The minimum Gasteiger partial charge on any atom is -0.351 e. The van der Waals surface area contributed by atoms with Gasteiger partial charge in [-0.1, -0.05) is 0 Å². The van der Waals surface area contributed by atoms with Gasteiger partial charge in [-0.05, 0) is 37.3 Å². The molecule has 0 unspecified atom stereocenters. The summed E-state index contributed by atoms with van der Waals surface area (Å²) in [6, 6.07) is 2.24. The summed E-state index contributed by atoms with van der Waals surface area (Å²) in [5, 5.41) is 2.94. The topological polar surface area (TPSA) is 29.1 Å². The molecule has 0 spiro atoms. The average Bonchev–Trinajstić information content (AvgIpc) is 2.83. The summed E-state index contributed by atoms with van der Waals surface area (Å²) in [6.07, 6.45) is 5.03. The number of alkyl halides is 1. The number of thiophene rings is 1. The van der Waals surface area contributed by atoms with Crippen LogP contribution in [0.5, 0.6) is 0 Å². The van der Waals surface area contributed by atoms with Crippen LogP contribution in [0.4, 0.5) is 0 Å². The molecule has 1 amide bonds. The van der Waals surface area contributed by atoms with Crippen LogP contribution in [-0.2, 0) is 24.2 Å². The van der Waals surface area contributed by atoms with E-state index < -0.39 is 0 Å². The molecule has 1 aliphatic rings. The molecule has 0 aliphatic heterocycles. The Morgan fingerprint density at radius 1 is 1.50 bits per heavy atom. The second-order valence-corrected chi connectivity index (χ2v) is 5.68. The Balaban J connectivity index is 1.79. The van der Waals surface area contributed by atoms with E-state index in [4.69, 9.17) is 11.6 Å². The zero-order valence-electron chi connectivity index (χ0n) is 9.22. The first kappa shape index (κ1) is 11.9. The first-order chi connectivity index (χ1) is 7.79. The smallest absolute Gasteiger partial charge is 0.220 e. The quantitative estimate of drug-likeness (QED) is 0.808. The molecule has 0 aromatic carbocycles. The fourth-order valence-corrected chi connectivity index (χ4v) is 3.31. The maximum Gasteiger partial charge on any atom is 0.220 e. The SMILES string of the molecule is O=C(CCCCl)NCc1cc2c(s1)CCC2. The normalized spacial score (nSPS) is 13.8. The van der Waals surface area contributed by atoms with Crippen molar-refractivity contribution in [3.05, 3.63) is 21.4 Å². The number of amides is 1. The van der Waals surface area contributed by atoms with E-state index in [1.165, 1.54) is 34.6 Å². The van der Waals surface area contributed by atoms with Crippen LogP contribution in [0, 0.1) is 0 Å². The lowest BCUT2D eigenvalue weighted by molar-refractivity contribution is -0.121. The summed E-state index contributed by atoms with van der Waals surface area (Å²) in [4.78, 5) is 14.2. The molecule has 0 atom stereocenters. The molecule has 2 nitrogen and oxygen atoms in total. The third-order valence-electron chi connectivity index (χ3n) is 2.79. The summed E-state index contributed by atoms with van der Waals surface area (Å²) < 4.78 is 0. The maximum atomic E-state index is 11.4. The predicted molar refractivity (Wildman–Crippen MR) is 68.1 cm³/mol. The van der Waals surface area contributed by atoms with Crippen molar-refractivity contribution in [1.82, 2.24) is 5.32 Å². The lowest BCUT2D eigenvalue weighted by atomic mass is 10.2. The highest BCUT2D eigenvalue weighted by atomic mass is 35.5. The zero-order chi connectivity index (χ0) is 11.4. The number of hydrogen-bond acceptors (Lipinski definition) is 2. The van der Waals surface area contributed by atoms with Gasteiger partial charge in [-0.2, -0.15) is 0 Å². The molecular weight excluding hydrogens is 242 g/mol. The van der Waals surface area contributed by atoms with Crippen LogP contribution in [-0.4, -0.2) is 11.8 Å². The molecule has 16 heavy (non-hydrogen) atoms. The number of hydrogen-bond donors (Lipinski definition) is 1. The molecule has 1 aromatic rings. The zero-order valence-corrected chi connectivity index (χ0v) is 10.8. The van der Waals surface area contributed by atoms with Gasteiger partial charge in [0, 0.05) is 22.1 Å². The van der Waals surface area contributed by atoms with Crippen LogP contribution < -0.4 is 5.32 Å². The number of carbonyl (C=O) groups is 1. The van der Waals surface area contributed by atoms with E-state index in [2.05, 4.69) is 11.4 Å². The van der Waals surface area contributed by atoms with Crippen molar-refractivity contribution < 1.29 is 4.79 Å². The second-order valence-electron chi connectivity index (χ2n) is 4.08. The molecule has 0 saturated heterocycles. The van der Waals surface area contributed by atoms with Crippen molar-refractivity contribution in [2.75, 3.05) is 5.88 Å². The van der Waals surface area contributed by atoms with E-state index >= 15 is 0 Å². The van der Waals surface area contributed by atoms with E-state index in [9.17, 15) is 4.79 Å². The van der Waals surface area contributed by atoms with Crippen LogP contribution in [0.3, 0.4) is 0 Å². The molecule has 4 heteroatoms. The lowest BCUT2D eigenvalue weighted by Crippen LogP contribution is -2.21. The Bertz CT molecular complexity index is 354. The van der Waals surface area contributed by atoms with Gasteiger partial charge >= 0.3 is 0 Å². The summed E-state index contributed by atoms with van der Waals surface area (Å²) in [7, 11) is 0. The molecule has 0 radical (unpaired) electrons. The van der Waals surface area contributed by atoms with Crippen molar-refractivity contribution in [2.45, 2.75) is 38.6 Å². The highest BCUT2D eigenvalue weighted by molar-refractivity contribution is 7.12. The highest BCUT2D eigenvalue weighted by Crippen LogP contribution is 2.30. The van der Waals surface area contributed by atoms with Crippen molar-refractivity contribution in [2.24, 2.45) is 0 Å². The summed E-state index contributed by atoms with van der Waals surface area (Å²) in [5.41, 5.74) is 1.50. The third-order valence-corrected chi connectivity index (χ3v) is 4.30. The number of rotatable bonds is 5. The van der Waals surface area contributed by atoms with E-state index in [1.807, 2.05) is 11.3 Å². The van der Waals surface area contributed by atoms with Gasteiger partial charge in [0.25, 0.3) is 0 Å². The third kappa shape index (κ3) is 2.98. The molecule has 0 saturated carbocycles. The van der Waals surface area contributed by atoms with Gasteiger partial charge in [0.2, 0.25) is 5.91 Å². The Kier molecular flexibility index (Phi) is 4.24. The summed E-state index contributed by atoms with van der Waals surface area (Å²) >= 11 is 7.38. The molecule has 88 valence electrons. The number of halogens is 1.